The number of anilines is 2. The van der Waals surface area contributed by atoms with E-state index in [1.165, 1.54) is 4.88 Å². The van der Waals surface area contributed by atoms with Crippen LogP contribution in [-0.4, -0.2) is 11.5 Å². The average Bonchev–Trinajstić information content (AvgIpc) is 2.82. The summed E-state index contributed by atoms with van der Waals surface area (Å²) in [4.78, 5) is 7.70. The first-order valence-electron chi connectivity index (χ1n) is 5.40. The van der Waals surface area contributed by atoms with Crippen LogP contribution in [-0.2, 0) is 6.54 Å². The molecule has 0 bridgehead atoms. The summed E-state index contributed by atoms with van der Waals surface area (Å²) >= 11 is 7.64. The second-order valence-corrected chi connectivity index (χ2v) is 5.06. The van der Waals surface area contributed by atoms with Gasteiger partial charge < -0.3 is 10.6 Å². The van der Waals surface area contributed by atoms with Crippen LogP contribution in [0.5, 0.6) is 0 Å². The minimum Gasteiger partial charge on any atom is -0.396 e. The predicted molar refractivity (Wildman–Crippen MR) is 74.7 cm³/mol. The number of halogens is 1. The van der Waals surface area contributed by atoms with Gasteiger partial charge in [-0.25, -0.2) is 4.98 Å². The summed E-state index contributed by atoms with van der Waals surface area (Å²) in [6, 6.07) is 7.65. The normalized spacial score (nSPS) is 10.5. The van der Waals surface area contributed by atoms with Crippen molar-refractivity contribution in [3.63, 3.8) is 0 Å². The van der Waals surface area contributed by atoms with Crippen LogP contribution in [0.4, 0.5) is 11.5 Å². The van der Waals surface area contributed by atoms with Gasteiger partial charge >= 0.3 is 0 Å². The molecule has 5 heteroatoms. The fourth-order valence-corrected chi connectivity index (χ4v) is 2.48. The molecule has 2 heterocycles. The van der Waals surface area contributed by atoms with Gasteiger partial charge in [-0.1, -0.05) is 17.7 Å². The Kier molecular flexibility index (Phi) is 3.86. The smallest absolute Gasteiger partial charge is 0.153 e. The highest BCUT2D eigenvalue weighted by atomic mass is 35.5. The van der Waals surface area contributed by atoms with Crippen molar-refractivity contribution in [2.45, 2.75) is 13.5 Å². The summed E-state index contributed by atoms with van der Waals surface area (Å²) in [7, 11) is 0. The number of nitrogens with two attached hydrogens (primary N) is 1. The molecule has 0 radical (unpaired) electrons. The van der Waals surface area contributed by atoms with Gasteiger partial charge in [-0.2, -0.15) is 0 Å². The topological polar surface area (TPSA) is 42.2 Å². The number of rotatable bonds is 4. The molecular weight excluding hydrogens is 254 g/mol. The molecule has 0 saturated heterocycles. The molecule has 0 unspecified atom stereocenters. The molecule has 17 heavy (non-hydrogen) atoms. The largest absolute Gasteiger partial charge is 0.396 e. The lowest BCUT2D eigenvalue weighted by atomic mass is 10.3. The van der Waals surface area contributed by atoms with E-state index in [0.717, 1.165) is 18.9 Å². The monoisotopic (exact) mass is 267 g/mol. The van der Waals surface area contributed by atoms with Crippen molar-refractivity contribution in [2.75, 3.05) is 17.2 Å². The number of thiophene rings is 1. The lowest BCUT2D eigenvalue weighted by molar-refractivity contribution is 0.825. The first-order valence-corrected chi connectivity index (χ1v) is 6.66. The van der Waals surface area contributed by atoms with E-state index in [2.05, 4.69) is 28.3 Å². The van der Waals surface area contributed by atoms with E-state index in [9.17, 15) is 0 Å². The summed E-state index contributed by atoms with van der Waals surface area (Å²) in [6.45, 7) is 3.73. The van der Waals surface area contributed by atoms with Gasteiger partial charge in [0.25, 0.3) is 0 Å². The number of hydrogen-bond donors (Lipinski definition) is 1. The third kappa shape index (κ3) is 2.90. The number of nitrogens with zero attached hydrogens (tertiary/aromatic N) is 2. The van der Waals surface area contributed by atoms with E-state index in [1.807, 2.05) is 6.07 Å². The lowest BCUT2D eigenvalue weighted by Crippen LogP contribution is -2.23. The van der Waals surface area contributed by atoms with E-state index in [-0.39, 0.29) is 0 Å². The third-order valence-corrected chi connectivity index (χ3v) is 3.55. The zero-order valence-corrected chi connectivity index (χ0v) is 11.1. The Bertz CT molecular complexity index is 485. The quantitative estimate of drug-likeness (QED) is 0.864. The number of nitrogen functional groups attached to an aromatic ring is 1. The standard InChI is InChI=1S/C12H14ClN3S/c1-2-16(8-9-4-3-7-17-9)12-10(14)5-6-11(13)15-12/h3-7H,2,8,14H2,1H3. The first kappa shape index (κ1) is 12.2. The molecule has 0 fully saturated rings. The summed E-state index contributed by atoms with van der Waals surface area (Å²) in [5.74, 6) is 0.758. The van der Waals surface area contributed by atoms with E-state index < -0.39 is 0 Å². The van der Waals surface area contributed by atoms with Crippen molar-refractivity contribution in [3.8, 4) is 0 Å². The van der Waals surface area contributed by atoms with Gasteiger partial charge in [0, 0.05) is 11.4 Å². The highest BCUT2D eigenvalue weighted by Gasteiger charge is 2.11. The Hall–Kier alpha value is -1.26. The van der Waals surface area contributed by atoms with Crippen LogP contribution in [0.15, 0.2) is 29.6 Å². The Morgan fingerprint density at radius 3 is 2.88 bits per heavy atom. The maximum Gasteiger partial charge on any atom is 0.153 e. The Balaban J connectivity index is 2.25. The third-order valence-electron chi connectivity index (χ3n) is 2.48. The Morgan fingerprint density at radius 2 is 2.24 bits per heavy atom. The summed E-state index contributed by atoms with van der Waals surface area (Å²) in [6.07, 6.45) is 0. The molecule has 0 aromatic carbocycles. The molecular formula is C12H14ClN3S. The number of pyridine rings is 1. The number of aromatic nitrogens is 1. The molecule has 0 aliphatic carbocycles. The molecule has 2 aromatic rings. The van der Waals surface area contributed by atoms with Crippen LogP contribution in [0.2, 0.25) is 5.15 Å². The predicted octanol–water partition coefficient (Wildman–Crippen LogP) is 3.41. The van der Waals surface area contributed by atoms with Crippen molar-refractivity contribution < 1.29 is 0 Å². The van der Waals surface area contributed by atoms with Gasteiger partial charge in [-0.05, 0) is 30.5 Å². The molecule has 2 rings (SSSR count). The molecule has 2 aromatic heterocycles. The summed E-state index contributed by atoms with van der Waals surface area (Å²) < 4.78 is 0. The highest BCUT2D eigenvalue weighted by Crippen LogP contribution is 2.25. The van der Waals surface area contributed by atoms with E-state index in [1.54, 1.807) is 23.5 Å². The maximum atomic E-state index is 5.94. The molecule has 3 nitrogen and oxygen atoms in total. The van der Waals surface area contributed by atoms with Crippen molar-refractivity contribution in [2.24, 2.45) is 0 Å². The zero-order valence-electron chi connectivity index (χ0n) is 9.56. The molecule has 0 aliphatic heterocycles. The number of hydrogen-bond acceptors (Lipinski definition) is 4. The van der Waals surface area contributed by atoms with E-state index in [4.69, 9.17) is 17.3 Å². The molecule has 0 saturated carbocycles. The summed E-state index contributed by atoms with van der Waals surface area (Å²) in [5.41, 5.74) is 6.60. The second-order valence-electron chi connectivity index (χ2n) is 3.64. The minimum absolute atomic E-state index is 0.471. The van der Waals surface area contributed by atoms with Gasteiger partial charge in [0.15, 0.2) is 5.82 Å². The molecule has 0 atom stereocenters. The molecule has 0 spiro atoms. The fraction of sp³-hybridized carbons (Fsp3) is 0.250. The van der Waals surface area contributed by atoms with E-state index >= 15 is 0 Å². The van der Waals surface area contributed by atoms with Crippen LogP contribution in [0, 0.1) is 0 Å². The SMILES string of the molecule is CCN(Cc1cccs1)c1nc(Cl)ccc1N. The van der Waals surface area contributed by atoms with Crippen molar-refractivity contribution in [1.82, 2.24) is 4.98 Å². The highest BCUT2D eigenvalue weighted by molar-refractivity contribution is 7.09. The van der Waals surface area contributed by atoms with Crippen molar-refractivity contribution in [3.05, 3.63) is 39.7 Å². The van der Waals surface area contributed by atoms with Crippen molar-refractivity contribution in [1.29, 1.82) is 0 Å². The van der Waals surface area contributed by atoms with E-state index in [0.29, 0.717) is 10.8 Å². The zero-order chi connectivity index (χ0) is 12.3. The Labute approximate surface area is 110 Å². The van der Waals surface area contributed by atoms with Crippen molar-refractivity contribution >= 4 is 34.4 Å². The van der Waals surface area contributed by atoms with Gasteiger partial charge in [-0.15, -0.1) is 11.3 Å². The lowest BCUT2D eigenvalue weighted by Gasteiger charge is -2.22. The first-order chi connectivity index (χ1) is 8.20. The van der Waals surface area contributed by atoms with Gasteiger partial charge in [0.1, 0.15) is 5.15 Å². The Morgan fingerprint density at radius 1 is 1.41 bits per heavy atom. The fourth-order valence-electron chi connectivity index (χ4n) is 1.62. The van der Waals surface area contributed by atoms with Crippen LogP contribution >= 0.6 is 22.9 Å². The average molecular weight is 268 g/mol. The van der Waals surface area contributed by atoms with Gasteiger partial charge in [0.05, 0.1) is 12.2 Å². The maximum absolute atomic E-state index is 5.94. The molecule has 90 valence electrons. The second kappa shape index (κ2) is 5.38. The van der Waals surface area contributed by atoms with Crippen LogP contribution in [0.1, 0.15) is 11.8 Å². The van der Waals surface area contributed by atoms with Gasteiger partial charge in [0.2, 0.25) is 0 Å². The molecule has 0 amide bonds. The van der Waals surface area contributed by atoms with Crippen LogP contribution < -0.4 is 10.6 Å². The minimum atomic E-state index is 0.471. The molecule has 2 N–H and O–H groups in total. The van der Waals surface area contributed by atoms with Gasteiger partial charge in [-0.3, -0.25) is 0 Å². The van der Waals surface area contributed by atoms with Crippen LogP contribution in [0.3, 0.4) is 0 Å². The molecule has 0 aliphatic rings. The van der Waals surface area contributed by atoms with Crippen LogP contribution in [0.25, 0.3) is 0 Å². The summed E-state index contributed by atoms with van der Waals surface area (Å²) in [5, 5.41) is 2.54.